The van der Waals surface area contributed by atoms with Crippen LogP contribution < -0.4 is 5.32 Å². The van der Waals surface area contributed by atoms with Gasteiger partial charge < -0.3 is 5.32 Å². The number of pyridine rings is 1. The second kappa shape index (κ2) is 7.36. The molecule has 1 aromatic heterocycles. The van der Waals surface area contributed by atoms with Gasteiger partial charge >= 0.3 is 0 Å². The summed E-state index contributed by atoms with van der Waals surface area (Å²) in [5.41, 5.74) is 4.56. The van der Waals surface area contributed by atoms with Gasteiger partial charge in [0.1, 0.15) is 5.69 Å². The third-order valence-electron chi connectivity index (χ3n) is 5.55. The highest BCUT2D eigenvalue weighted by Crippen LogP contribution is 2.27. The molecule has 1 aliphatic carbocycles. The third kappa shape index (κ3) is 3.74. The lowest BCUT2D eigenvalue weighted by Gasteiger charge is -2.36. The lowest BCUT2D eigenvalue weighted by Crippen LogP contribution is -2.41. The van der Waals surface area contributed by atoms with Crippen LogP contribution >= 0.6 is 0 Å². The number of amides is 1. The summed E-state index contributed by atoms with van der Waals surface area (Å²) in [7, 11) is 0. The molecular weight excluding hydrogens is 310 g/mol. The van der Waals surface area contributed by atoms with Crippen molar-refractivity contribution in [3.8, 4) is 0 Å². The quantitative estimate of drug-likeness (QED) is 0.934. The number of hydrogen-bond donors (Lipinski definition) is 1. The van der Waals surface area contributed by atoms with Crippen molar-refractivity contribution in [2.24, 2.45) is 0 Å². The monoisotopic (exact) mass is 335 g/mol. The van der Waals surface area contributed by atoms with Crippen LogP contribution in [0.25, 0.3) is 0 Å². The van der Waals surface area contributed by atoms with Crippen LogP contribution in [0.3, 0.4) is 0 Å². The first-order valence-electron chi connectivity index (χ1n) is 9.33. The van der Waals surface area contributed by atoms with Gasteiger partial charge in [-0.15, -0.1) is 0 Å². The van der Waals surface area contributed by atoms with Crippen molar-refractivity contribution < 1.29 is 4.79 Å². The second-order valence-electron chi connectivity index (χ2n) is 7.12. The molecule has 0 saturated heterocycles. The summed E-state index contributed by atoms with van der Waals surface area (Å²) in [4.78, 5) is 18.9. The van der Waals surface area contributed by atoms with Crippen LogP contribution in [-0.4, -0.2) is 34.9 Å². The molecule has 4 nitrogen and oxygen atoms in total. The Kier molecular flexibility index (Phi) is 4.79. The molecule has 0 bridgehead atoms. The first-order valence-corrected chi connectivity index (χ1v) is 9.33. The smallest absolute Gasteiger partial charge is 0.270 e. The van der Waals surface area contributed by atoms with Gasteiger partial charge in [0, 0.05) is 31.9 Å². The summed E-state index contributed by atoms with van der Waals surface area (Å²) >= 11 is 0. The minimum Gasteiger partial charge on any atom is -0.347 e. The summed E-state index contributed by atoms with van der Waals surface area (Å²) in [5.74, 6) is -0.119. The molecular formula is C21H25N3O. The fourth-order valence-corrected chi connectivity index (χ4v) is 3.79. The van der Waals surface area contributed by atoms with Crippen LogP contribution in [0, 0.1) is 0 Å². The number of hydrogen-bond acceptors (Lipinski definition) is 3. The largest absolute Gasteiger partial charge is 0.347 e. The van der Waals surface area contributed by atoms with Crippen molar-refractivity contribution >= 4 is 5.91 Å². The number of aromatic nitrogens is 1. The molecule has 1 saturated carbocycles. The highest BCUT2D eigenvalue weighted by atomic mass is 16.1. The Bertz CT molecular complexity index is 740. The average molecular weight is 335 g/mol. The Morgan fingerprint density at radius 3 is 2.68 bits per heavy atom. The van der Waals surface area contributed by atoms with Crippen LogP contribution in [0.2, 0.25) is 0 Å². The summed E-state index contributed by atoms with van der Waals surface area (Å²) in [6.45, 7) is 2.91. The Labute approximate surface area is 149 Å². The summed E-state index contributed by atoms with van der Waals surface area (Å²) in [5, 5.41) is 2.97. The molecule has 0 spiro atoms. The summed E-state index contributed by atoms with van der Waals surface area (Å²) in [6.07, 6.45) is 8.06. The van der Waals surface area contributed by atoms with Gasteiger partial charge in [-0.05, 0) is 54.5 Å². The molecule has 0 radical (unpaired) electrons. The van der Waals surface area contributed by atoms with Gasteiger partial charge in [0.2, 0.25) is 0 Å². The first kappa shape index (κ1) is 16.3. The van der Waals surface area contributed by atoms with Crippen LogP contribution in [0.4, 0.5) is 0 Å². The molecule has 0 atom stereocenters. The van der Waals surface area contributed by atoms with Crippen molar-refractivity contribution in [2.45, 2.75) is 44.7 Å². The minimum atomic E-state index is -0.119. The predicted molar refractivity (Wildman–Crippen MR) is 98.5 cm³/mol. The van der Waals surface area contributed by atoms with Gasteiger partial charge in [-0.3, -0.25) is 14.7 Å². The van der Waals surface area contributed by atoms with E-state index in [1.54, 1.807) is 12.3 Å². The molecule has 0 unspecified atom stereocenters. The zero-order valence-corrected chi connectivity index (χ0v) is 14.6. The number of nitrogens with zero attached hydrogens (tertiary/aromatic N) is 2. The summed E-state index contributed by atoms with van der Waals surface area (Å²) < 4.78 is 0. The van der Waals surface area contributed by atoms with E-state index in [0.29, 0.717) is 12.2 Å². The van der Waals surface area contributed by atoms with E-state index in [2.05, 4.69) is 33.4 Å². The molecule has 2 aliphatic rings. The van der Waals surface area contributed by atoms with Gasteiger partial charge in [-0.1, -0.05) is 30.7 Å². The lowest BCUT2D eigenvalue weighted by atomic mass is 9.91. The van der Waals surface area contributed by atoms with Crippen molar-refractivity contribution in [1.82, 2.24) is 15.2 Å². The number of benzene rings is 1. The Morgan fingerprint density at radius 2 is 1.96 bits per heavy atom. The topological polar surface area (TPSA) is 45.2 Å². The number of nitrogens with one attached hydrogen (secondary N) is 1. The third-order valence-corrected chi connectivity index (χ3v) is 5.55. The molecule has 25 heavy (non-hydrogen) atoms. The van der Waals surface area contributed by atoms with Crippen molar-refractivity contribution in [2.75, 3.05) is 13.1 Å². The van der Waals surface area contributed by atoms with Gasteiger partial charge in [-0.25, -0.2) is 0 Å². The minimum absolute atomic E-state index is 0.119. The normalized spacial score (nSPS) is 18.1. The summed E-state index contributed by atoms with van der Waals surface area (Å²) in [6, 6.07) is 12.9. The molecule has 2 heterocycles. The van der Waals surface area contributed by atoms with Crippen LogP contribution in [-0.2, 0) is 19.4 Å². The zero-order chi connectivity index (χ0) is 17.1. The van der Waals surface area contributed by atoms with E-state index in [4.69, 9.17) is 0 Å². The van der Waals surface area contributed by atoms with Gasteiger partial charge in [-0.2, -0.15) is 0 Å². The molecule has 4 rings (SSSR count). The number of rotatable bonds is 4. The standard InChI is InChI=1S/C21H25N3O/c25-21(20-6-1-2-11-22-20)23-15-16-7-8-17-9-12-24(19-4-3-5-19)13-10-18(17)14-16/h1-2,6-8,11,14,19H,3-5,9-10,12-13,15H2,(H,23,25). The van der Waals surface area contributed by atoms with Crippen molar-refractivity contribution in [1.29, 1.82) is 0 Å². The molecule has 1 N–H and O–H groups in total. The highest BCUT2D eigenvalue weighted by Gasteiger charge is 2.26. The van der Waals surface area contributed by atoms with Gasteiger partial charge in [0.05, 0.1) is 0 Å². The number of carbonyl (C=O) groups is 1. The second-order valence-corrected chi connectivity index (χ2v) is 7.12. The maximum Gasteiger partial charge on any atom is 0.270 e. The van der Waals surface area contributed by atoms with Gasteiger partial charge in [0.25, 0.3) is 5.91 Å². The molecule has 2 aromatic rings. The molecule has 4 heteroatoms. The average Bonchev–Trinajstić information content (AvgIpc) is 2.81. The van der Waals surface area contributed by atoms with Crippen molar-refractivity contribution in [3.63, 3.8) is 0 Å². The van der Waals surface area contributed by atoms with E-state index in [9.17, 15) is 4.79 Å². The van der Waals surface area contributed by atoms with E-state index in [1.807, 2.05) is 12.1 Å². The SMILES string of the molecule is O=C(NCc1ccc2c(c1)CCN(C1CCC1)CC2)c1ccccn1. The molecule has 1 aromatic carbocycles. The van der Waals surface area contributed by atoms with E-state index in [0.717, 1.165) is 18.9 Å². The van der Waals surface area contributed by atoms with Gasteiger partial charge in [0.15, 0.2) is 0 Å². The molecule has 1 fully saturated rings. The van der Waals surface area contributed by atoms with Crippen LogP contribution in [0.15, 0.2) is 42.6 Å². The number of carbonyl (C=O) groups excluding carboxylic acids is 1. The molecule has 1 amide bonds. The maximum atomic E-state index is 12.1. The zero-order valence-electron chi connectivity index (χ0n) is 14.6. The van der Waals surface area contributed by atoms with E-state index in [-0.39, 0.29) is 5.91 Å². The van der Waals surface area contributed by atoms with Crippen LogP contribution in [0.5, 0.6) is 0 Å². The number of fused-ring (bicyclic) bond motifs is 1. The van der Waals surface area contributed by atoms with E-state index in [1.165, 1.54) is 49.0 Å². The Morgan fingerprint density at radius 1 is 1.12 bits per heavy atom. The van der Waals surface area contributed by atoms with Crippen molar-refractivity contribution in [3.05, 3.63) is 65.0 Å². The lowest BCUT2D eigenvalue weighted by molar-refractivity contribution is 0.0946. The van der Waals surface area contributed by atoms with E-state index >= 15 is 0 Å². The van der Waals surface area contributed by atoms with Crippen LogP contribution in [0.1, 0.15) is 46.4 Å². The van der Waals surface area contributed by atoms with E-state index < -0.39 is 0 Å². The first-order chi connectivity index (χ1) is 12.3. The Balaban J connectivity index is 1.38. The fourth-order valence-electron chi connectivity index (χ4n) is 3.79. The predicted octanol–water partition coefficient (Wildman–Crippen LogP) is 2.96. The highest BCUT2D eigenvalue weighted by molar-refractivity contribution is 5.92. The molecule has 1 aliphatic heterocycles. The Hall–Kier alpha value is -2.20. The maximum absolute atomic E-state index is 12.1. The molecule has 130 valence electrons. The fraction of sp³-hybridized carbons (Fsp3) is 0.429.